The van der Waals surface area contributed by atoms with E-state index in [2.05, 4.69) is 34.8 Å². The van der Waals surface area contributed by atoms with E-state index in [-0.39, 0.29) is 0 Å². The molecule has 0 fully saturated rings. The van der Waals surface area contributed by atoms with Gasteiger partial charge in [0.15, 0.2) is 0 Å². The zero-order valence-electron chi connectivity index (χ0n) is 12.9. The van der Waals surface area contributed by atoms with Gasteiger partial charge in [0.25, 0.3) is 0 Å². The number of nitrogens with zero attached hydrogens (tertiary/aromatic N) is 2. The average Bonchev–Trinajstić information content (AvgIpc) is 3.22. The predicted octanol–water partition coefficient (Wildman–Crippen LogP) is 4.51. The van der Waals surface area contributed by atoms with Gasteiger partial charge in [0, 0.05) is 11.3 Å². The highest BCUT2D eigenvalue weighted by molar-refractivity contribution is 5.76. The molecule has 0 bridgehead atoms. The predicted molar refractivity (Wildman–Crippen MR) is 91.4 cm³/mol. The highest BCUT2D eigenvalue weighted by atomic mass is 16.3. The van der Waals surface area contributed by atoms with E-state index in [0.717, 1.165) is 34.2 Å². The van der Waals surface area contributed by atoms with Crippen LogP contribution in [0.15, 0.2) is 71.3 Å². The van der Waals surface area contributed by atoms with E-state index >= 15 is 0 Å². The van der Waals surface area contributed by atoms with Gasteiger partial charge in [0.1, 0.15) is 22.9 Å². The van der Waals surface area contributed by atoms with Gasteiger partial charge in [0.2, 0.25) is 0 Å². The fourth-order valence-corrected chi connectivity index (χ4v) is 2.80. The number of aromatic nitrogens is 2. The van der Waals surface area contributed by atoms with Crippen molar-refractivity contribution in [3.8, 4) is 11.3 Å². The molecule has 4 nitrogen and oxygen atoms in total. The van der Waals surface area contributed by atoms with E-state index in [1.54, 1.807) is 6.26 Å². The van der Waals surface area contributed by atoms with Crippen LogP contribution in [-0.2, 0) is 6.54 Å². The van der Waals surface area contributed by atoms with Gasteiger partial charge in [0.05, 0.1) is 12.8 Å². The van der Waals surface area contributed by atoms with Gasteiger partial charge in [-0.2, -0.15) is 0 Å². The Morgan fingerprint density at radius 3 is 2.65 bits per heavy atom. The maximum Gasteiger partial charge on any atom is 0.139 e. The van der Waals surface area contributed by atoms with Crippen molar-refractivity contribution < 1.29 is 4.42 Å². The summed E-state index contributed by atoms with van der Waals surface area (Å²) < 4.78 is 7.57. The van der Waals surface area contributed by atoms with Crippen LogP contribution in [0.4, 0.5) is 5.82 Å². The van der Waals surface area contributed by atoms with Crippen molar-refractivity contribution in [2.24, 2.45) is 0 Å². The Kier molecular flexibility index (Phi) is 3.35. The first-order valence-corrected chi connectivity index (χ1v) is 7.63. The smallest absolute Gasteiger partial charge is 0.139 e. The van der Waals surface area contributed by atoms with E-state index in [4.69, 9.17) is 9.40 Å². The molecule has 0 saturated carbocycles. The second-order valence-electron chi connectivity index (χ2n) is 5.47. The Morgan fingerprint density at radius 2 is 1.87 bits per heavy atom. The third-order valence-electron chi connectivity index (χ3n) is 3.90. The normalized spacial score (nSPS) is 11.0. The summed E-state index contributed by atoms with van der Waals surface area (Å²) in [4.78, 5) is 4.81. The largest absolute Gasteiger partial charge is 0.467 e. The minimum atomic E-state index is 0.620. The molecule has 4 aromatic rings. The van der Waals surface area contributed by atoms with Crippen molar-refractivity contribution in [1.29, 1.82) is 0 Å². The third-order valence-corrected chi connectivity index (χ3v) is 3.90. The fourth-order valence-electron chi connectivity index (χ4n) is 2.80. The van der Waals surface area contributed by atoms with E-state index in [0.29, 0.717) is 6.54 Å². The molecule has 3 heterocycles. The van der Waals surface area contributed by atoms with Gasteiger partial charge in [-0.1, -0.05) is 36.4 Å². The summed E-state index contributed by atoms with van der Waals surface area (Å²) in [5, 5.41) is 3.48. The number of rotatable bonds is 4. The van der Waals surface area contributed by atoms with Crippen molar-refractivity contribution in [3.63, 3.8) is 0 Å². The van der Waals surface area contributed by atoms with Crippen LogP contribution in [0.2, 0.25) is 0 Å². The van der Waals surface area contributed by atoms with Gasteiger partial charge in [-0.05, 0) is 31.2 Å². The molecule has 4 rings (SSSR count). The molecule has 0 atom stereocenters. The third kappa shape index (κ3) is 2.48. The number of hydrogen-bond acceptors (Lipinski definition) is 3. The van der Waals surface area contributed by atoms with E-state index in [1.807, 2.05) is 42.5 Å². The standard InChI is InChI=1S/C19H17N3O/c1-14-7-5-11-17-21-18(15-8-3-2-4-9-15)19(22(14)17)20-13-16-10-6-12-23-16/h2-12,20H,13H2,1H3. The van der Waals surface area contributed by atoms with Gasteiger partial charge in [-0.15, -0.1) is 0 Å². The van der Waals surface area contributed by atoms with Crippen LogP contribution < -0.4 is 5.32 Å². The van der Waals surface area contributed by atoms with Crippen molar-refractivity contribution in [1.82, 2.24) is 9.38 Å². The molecular formula is C19H17N3O. The number of nitrogens with one attached hydrogen (secondary N) is 1. The Balaban J connectivity index is 1.84. The zero-order valence-corrected chi connectivity index (χ0v) is 12.9. The number of benzene rings is 1. The van der Waals surface area contributed by atoms with Crippen LogP contribution >= 0.6 is 0 Å². The number of aryl methyl sites for hydroxylation is 1. The molecule has 1 aromatic carbocycles. The Bertz CT molecular complexity index is 924. The SMILES string of the molecule is Cc1cccc2nc(-c3ccccc3)c(NCc3ccco3)n12. The number of imidazole rings is 1. The minimum Gasteiger partial charge on any atom is -0.467 e. The summed E-state index contributed by atoms with van der Waals surface area (Å²) in [7, 11) is 0. The lowest BCUT2D eigenvalue weighted by Crippen LogP contribution is -2.04. The lowest BCUT2D eigenvalue weighted by atomic mass is 10.1. The van der Waals surface area contributed by atoms with Gasteiger partial charge in [-0.3, -0.25) is 4.40 Å². The number of fused-ring (bicyclic) bond motifs is 1. The summed E-state index contributed by atoms with van der Waals surface area (Å²) in [5.74, 6) is 1.88. The molecule has 23 heavy (non-hydrogen) atoms. The lowest BCUT2D eigenvalue weighted by Gasteiger charge is -2.09. The molecule has 0 radical (unpaired) electrons. The second-order valence-corrected chi connectivity index (χ2v) is 5.47. The molecule has 0 saturated heterocycles. The molecule has 0 unspecified atom stereocenters. The Hall–Kier alpha value is -3.01. The fraction of sp³-hybridized carbons (Fsp3) is 0.105. The van der Waals surface area contributed by atoms with Gasteiger partial charge < -0.3 is 9.73 Å². The number of anilines is 1. The molecule has 1 N–H and O–H groups in total. The summed E-state index contributed by atoms with van der Waals surface area (Å²) in [6.45, 7) is 2.70. The van der Waals surface area contributed by atoms with Crippen molar-refractivity contribution >= 4 is 11.5 Å². The van der Waals surface area contributed by atoms with E-state index in [1.165, 1.54) is 0 Å². The molecule has 4 heteroatoms. The Morgan fingerprint density at radius 1 is 1.00 bits per heavy atom. The van der Waals surface area contributed by atoms with Crippen molar-refractivity contribution in [2.45, 2.75) is 13.5 Å². The van der Waals surface area contributed by atoms with Crippen LogP contribution in [0.3, 0.4) is 0 Å². The van der Waals surface area contributed by atoms with Crippen molar-refractivity contribution in [2.75, 3.05) is 5.32 Å². The van der Waals surface area contributed by atoms with Crippen LogP contribution in [-0.4, -0.2) is 9.38 Å². The molecule has 0 spiro atoms. The monoisotopic (exact) mass is 303 g/mol. The minimum absolute atomic E-state index is 0.620. The first-order chi connectivity index (χ1) is 11.3. The van der Waals surface area contributed by atoms with Crippen LogP contribution in [0, 0.1) is 6.92 Å². The van der Waals surface area contributed by atoms with Gasteiger partial charge in [-0.25, -0.2) is 4.98 Å². The van der Waals surface area contributed by atoms with Crippen LogP contribution in [0.25, 0.3) is 16.9 Å². The number of furan rings is 1. The highest BCUT2D eigenvalue weighted by Crippen LogP contribution is 2.30. The molecule has 0 aliphatic heterocycles. The topological polar surface area (TPSA) is 42.5 Å². The van der Waals surface area contributed by atoms with Crippen LogP contribution in [0.5, 0.6) is 0 Å². The zero-order chi connectivity index (χ0) is 15.6. The summed E-state index contributed by atoms with van der Waals surface area (Å²) in [6.07, 6.45) is 1.69. The highest BCUT2D eigenvalue weighted by Gasteiger charge is 2.15. The van der Waals surface area contributed by atoms with E-state index < -0.39 is 0 Å². The summed E-state index contributed by atoms with van der Waals surface area (Å²) in [6, 6.07) is 20.2. The maximum absolute atomic E-state index is 5.43. The van der Waals surface area contributed by atoms with Crippen LogP contribution in [0.1, 0.15) is 11.5 Å². The lowest BCUT2D eigenvalue weighted by molar-refractivity contribution is 0.517. The first-order valence-electron chi connectivity index (χ1n) is 7.63. The van der Waals surface area contributed by atoms with E-state index in [9.17, 15) is 0 Å². The maximum atomic E-state index is 5.43. The molecule has 114 valence electrons. The van der Waals surface area contributed by atoms with Gasteiger partial charge >= 0.3 is 0 Å². The molecule has 0 aliphatic rings. The summed E-state index contributed by atoms with van der Waals surface area (Å²) in [5.41, 5.74) is 4.12. The molecule has 0 amide bonds. The molecule has 3 aromatic heterocycles. The Labute approximate surface area is 134 Å². The average molecular weight is 303 g/mol. The molecular weight excluding hydrogens is 286 g/mol. The number of pyridine rings is 1. The first kappa shape index (κ1) is 13.6. The number of hydrogen-bond donors (Lipinski definition) is 1. The molecule has 0 aliphatic carbocycles. The second kappa shape index (κ2) is 5.65. The quantitative estimate of drug-likeness (QED) is 0.603. The summed E-state index contributed by atoms with van der Waals surface area (Å²) >= 11 is 0. The van der Waals surface area contributed by atoms with Crippen molar-refractivity contribution in [3.05, 3.63) is 78.4 Å².